The second-order valence-corrected chi connectivity index (χ2v) is 2.31. The predicted molar refractivity (Wildman–Crippen MR) is 39.9 cm³/mol. The van der Waals surface area contributed by atoms with Crippen LogP contribution in [-0.4, -0.2) is 37.0 Å². The van der Waals surface area contributed by atoms with Crippen molar-refractivity contribution in [2.24, 2.45) is 0 Å². The first-order valence-corrected chi connectivity index (χ1v) is 3.62. The van der Waals surface area contributed by atoms with E-state index in [1.807, 2.05) is 0 Å². The molecule has 11 heavy (non-hydrogen) atoms. The molecule has 0 aliphatic carbocycles. The van der Waals surface area contributed by atoms with Crippen LogP contribution in [0.25, 0.3) is 0 Å². The maximum Gasteiger partial charge on any atom is 0.154 e. The van der Waals surface area contributed by atoms with Gasteiger partial charge in [-0.2, -0.15) is 0 Å². The Labute approximate surface area is 66.7 Å². The van der Waals surface area contributed by atoms with Crippen molar-refractivity contribution in [2.45, 2.75) is 31.8 Å². The van der Waals surface area contributed by atoms with Gasteiger partial charge in [-0.15, -0.1) is 0 Å². The number of hydrogen-bond acceptors (Lipinski definition) is 4. The van der Waals surface area contributed by atoms with Crippen LogP contribution in [0.15, 0.2) is 0 Å². The number of aliphatic hydroxyl groups excluding tert-OH is 2. The van der Waals surface area contributed by atoms with Gasteiger partial charge in [-0.3, -0.25) is 0 Å². The summed E-state index contributed by atoms with van der Waals surface area (Å²) in [7, 11) is 2.88. The first-order valence-electron chi connectivity index (χ1n) is 3.62. The van der Waals surface area contributed by atoms with Crippen LogP contribution >= 0.6 is 0 Å². The van der Waals surface area contributed by atoms with Crippen molar-refractivity contribution in [1.29, 1.82) is 0 Å². The third-order valence-electron chi connectivity index (χ3n) is 1.45. The monoisotopic (exact) mass is 164 g/mol. The Kier molecular flexibility index (Phi) is 6.45. The quantitative estimate of drug-likeness (QED) is 0.546. The molecule has 68 valence electrons. The smallest absolute Gasteiger partial charge is 0.154 e. The van der Waals surface area contributed by atoms with Gasteiger partial charge in [0.2, 0.25) is 0 Å². The third-order valence-corrected chi connectivity index (χ3v) is 1.45. The van der Waals surface area contributed by atoms with E-state index >= 15 is 0 Å². The maximum absolute atomic E-state index is 8.90. The van der Waals surface area contributed by atoms with Crippen molar-refractivity contribution in [3.8, 4) is 0 Å². The van der Waals surface area contributed by atoms with E-state index in [-0.39, 0.29) is 0 Å². The van der Waals surface area contributed by atoms with Crippen LogP contribution in [0.3, 0.4) is 0 Å². The Morgan fingerprint density at radius 3 is 1.64 bits per heavy atom. The molecule has 0 saturated heterocycles. The summed E-state index contributed by atoms with van der Waals surface area (Å²) < 4.78 is 9.20. The summed E-state index contributed by atoms with van der Waals surface area (Å²) >= 11 is 0. The highest BCUT2D eigenvalue weighted by Gasteiger charge is 2.04. The predicted octanol–water partition coefficient (Wildman–Crippen LogP) is 0.0863. The van der Waals surface area contributed by atoms with Gasteiger partial charge in [-0.25, -0.2) is 0 Å². The molecule has 4 nitrogen and oxygen atoms in total. The van der Waals surface area contributed by atoms with Gasteiger partial charge in [-0.1, -0.05) is 0 Å². The summed E-state index contributed by atoms with van der Waals surface area (Å²) in [6, 6.07) is 0. The molecular weight excluding hydrogens is 148 g/mol. The number of ether oxygens (including phenoxy) is 2. The molecule has 2 atom stereocenters. The minimum Gasteiger partial charge on any atom is -0.368 e. The van der Waals surface area contributed by atoms with E-state index in [9.17, 15) is 0 Å². The van der Waals surface area contributed by atoms with E-state index in [2.05, 4.69) is 9.47 Å². The number of hydrogen-bond donors (Lipinski definition) is 2. The molecule has 2 unspecified atom stereocenters. The fourth-order valence-corrected chi connectivity index (χ4v) is 0.703. The Morgan fingerprint density at radius 2 is 1.36 bits per heavy atom. The second-order valence-electron chi connectivity index (χ2n) is 2.31. The van der Waals surface area contributed by atoms with Crippen molar-refractivity contribution in [3.05, 3.63) is 0 Å². The van der Waals surface area contributed by atoms with Gasteiger partial charge in [0.05, 0.1) is 0 Å². The van der Waals surface area contributed by atoms with Gasteiger partial charge < -0.3 is 19.7 Å². The van der Waals surface area contributed by atoms with E-state index in [1.165, 1.54) is 14.2 Å². The summed E-state index contributed by atoms with van der Waals surface area (Å²) in [5.74, 6) is 0. The zero-order valence-corrected chi connectivity index (χ0v) is 6.99. The molecule has 0 aliphatic heterocycles. The molecule has 0 spiro atoms. The summed E-state index contributed by atoms with van der Waals surface area (Å²) in [5, 5.41) is 17.8. The lowest BCUT2D eigenvalue weighted by molar-refractivity contribution is -0.0974. The molecule has 0 heterocycles. The Balaban J connectivity index is 3.13. The molecule has 0 aromatic carbocycles. The van der Waals surface area contributed by atoms with Crippen LogP contribution in [-0.2, 0) is 9.47 Å². The average molecular weight is 164 g/mol. The van der Waals surface area contributed by atoms with Gasteiger partial charge >= 0.3 is 0 Å². The average Bonchev–Trinajstić information content (AvgIpc) is 2.04. The van der Waals surface area contributed by atoms with Gasteiger partial charge in [0, 0.05) is 14.2 Å². The molecule has 0 bridgehead atoms. The van der Waals surface area contributed by atoms with Crippen molar-refractivity contribution in [3.63, 3.8) is 0 Å². The van der Waals surface area contributed by atoms with Crippen LogP contribution in [0.2, 0.25) is 0 Å². The highest BCUT2D eigenvalue weighted by atomic mass is 16.6. The fourth-order valence-electron chi connectivity index (χ4n) is 0.703. The molecule has 0 fully saturated rings. The zero-order valence-electron chi connectivity index (χ0n) is 6.99. The lowest BCUT2D eigenvalue weighted by Crippen LogP contribution is -2.12. The summed E-state index contributed by atoms with van der Waals surface area (Å²) in [4.78, 5) is 0. The summed E-state index contributed by atoms with van der Waals surface area (Å²) in [5.41, 5.74) is 0. The topological polar surface area (TPSA) is 58.9 Å². The molecular formula is C7H16O4. The van der Waals surface area contributed by atoms with E-state index in [0.29, 0.717) is 19.3 Å². The van der Waals surface area contributed by atoms with Gasteiger partial charge in [0.15, 0.2) is 12.6 Å². The maximum atomic E-state index is 8.90. The minimum atomic E-state index is -0.723. The summed E-state index contributed by atoms with van der Waals surface area (Å²) in [6.45, 7) is 0. The van der Waals surface area contributed by atoms with Crippen molar-refractivity contribution in [2.75, 3.05) is 14.2 Å². The molecule has 0 saturated carbocycles. The van der Waals surface area contributed by atoms with E-state index in [0.717, 1.165) is 0 Å². The van der Waals surface area contributed by atoms with Gasteiger partial charge in [0.25, 0.3) is 0 Å². The lowest BCUT2D eigenvalue weighted by atomic mass is 10.2. The second kappa shape index (κ2) is 6.54. The van der Waals surface area contributed by atoms with Crippen LogP contribution in [0.4, 0.5) is 0 Å². The van der Waals surface area contributed by atoms with E-state index in [4.69, 9.17) is 10.2 Å². The van der Waals surface area contributed by atoms with Crippen LogP contribution in [0.5, 0.6) is 0 Å². The van der Waals surface area contributed by atoms with Gasteiger partial charge in [0.1, 0.15) is 0 Å². The first-order chi connectivity index (χ1) is 5.20. The first kappa shape index (κ1) is 10.8. The van der Waals surface area contributed by atoms with Gasteiger partial charge in [-0.05, 0) is 19.3 Å². The summed E-state index contributed by atoms with van der Waals surface area (Å²) in [6.07, 6.45) is 0.288. The fraction of sp³-hybridized carbons (Fsp3) is 1.00. The third kappa shape index (κ3) is 6.25. The zero-order chi connectivity index (χ0) is 8.69. The molecule has 0 rings (SSSR count). The van der Waals surface area contributed by atoms with Crippen molar-refractivity contribution >= 4 is 0 Å². The largest absolute Gasteiger partial charge is 0.368 e. The molecule has 0 aromatic rings. The normalized spacial score (nSPS) is 16.4. The van der Waals surface area contributed by atoms with Crippen molar-refractivity contribution < 1.29 is 19.7 Å². The molecule has 0 aromatic heterocycles. The van der Waals surface area contributed by atoms with Crippen LogP contribution < -0.4 is 0 Å². The molecule has 4 heteroatoms. The van der Waals surface area contributed by atoms with Crippen molar-refractivity contribution in [1.82, 2.24) is 0 Å². The number of rotatable bonds is 6. The standard InChI is InChI=1S/C7H16O4/c1-10-6(8)4-3-5-7(9)11-2/h6-9H,3-5H2,1-2H3. The highest BCUT2D eigenvalue weighted by molar-refractivity contribution is 4.46. The minimum absolute atomic E-state index is 0.525. The molecule has 0 radical (unpaired) electrons. The van der Waals surface area contributed by atoms with E-state index < -0.39 is 12.6 Å². The Hall–Kier alpha value is -0.160. The molecule has 0 amide bonds. The number of methoxy groups -OCH3 is 2. The van der Waals surface area contributed by atoms with Crippen LogP contribution in [0.1, 0.15) is 19.3 Å². The van der Waals surface area contributed by atoms with Crippen LogP contribution in [0, 0.1) is 0 Å². The number of aliphatic hydroxyl groups is 2. The SMILES string of the molecule is COC(O)CCCC(O)OC. The Morgan fingerprint density at radius 1 is 1.00 bits per heavy atom. The Bertz CT molecular complexity index is 76.5. The van der Waals surface area contributed by atoms with E-state index in [1.54, 1.807) is 0 Å². The molecule has 2 N–H and O–H groups in total. The lowest BCUT2D eigenvalue weighted by Gasteiger charge is -2.10. The highest BCUT2D eigenvalue weighted by Crippen LogP contribution is 2.04. The molecule has 0 aliphatic rings.